The molecule has 1 atom stereocenters. The largest absolute Gasteiger partial charge is 0.466 e. The van der Waals surface area contributed by atoms with Gasteiger partial charge in [-0.05, 0) is 55.7 Å². The molecule has 0 aliphatic rings. The molecule has 0 radical (unpaired) electrons. The number of fused-ring (bicyclic) bond motifs is 1. The van der Waals surface area contributed by atoms with E-state index in [-0.39, 0.29) is 45.3 Å². The number of nitrogens with zero attached hydrogens (tertiary/aromatic N) is 2. The quantitative estimate of drug-likeness (QED) is 0.174. The van der Waals surface area contributed by atoms with Gasteiger partial charge in [-0.25, -0.2) is 22.2 Å². The molecule has 2 heterocycles. The zero-order valence-electron chi connectivity index (χ0n) is 24.1. The number of hydrogen-bond donors (Lipinski definition) is 2. The predicted octanol–water partition coefficient (Wildman–Crippen LogP) is 6.36. The Morgan fingerprint density at radius 2 is 1.91 bits per heavy atom. The Balaban J connectivity index is 1.47. The van der Waals surface area contributed by atoms with Crippen molar-refractivity contribution >= 4 is 26.7 Å². The number of halogens is 2. The van der Waals surface area contributed by atoms with E-state index in [0.717, 1.165) is 24.0 Å². The summed E-state index contributed by atoms with van der Waals surface area (Å²) >= 11 is 0. The normalized spacial score (nSPS) is 12.9. The van der Waals surface area contributed by atoms with E-state index in [1.165, 1.54) is 30.6 Å². The van der Waals surface area contributed by atoms with Crippen LogP contribution in [0.5, 0.6) is 11.5 Å². The number of esters is 1. The van der Waals surface area contributed by atoms with Crippen LogP contribution >= 0.6 is 0 Å². The molecule has 0 aliphatic carbocycles. The van der Waals surface area contributed by atoms with Crippen molar-refractivity contribution in [2.24, 2.45) is 0 Å². The van der Waals surface area contributed by atoms with Gasteiger partial charge in [-0.2, -0.15) is 5.26 Å². The topological polar surface area (TPSA) is 138 Å². The maximum Gasteiger partial charge on any atom is 0.306 e. The minimum Gasteiger partial charge on any atom is -0.466 e. The number of aromatic amines is 2. The lowest BCUT2D eigenvalue weighted by atomic mass is 9.80. The third kappa shape index (κ3) is 5.91. The molecule has 0 spiro atoms. The van der Waals surface area contributed by atoms with Crippen LogP contribution in [0, 0.1) is 23.0 Å². The lowest BCUT2D eigenvalue weighted by molar-refractivity contribution is -0.143. The van der Waals surface area contributed by atoms with Gasteiger partial charge in [0.15, 0.2) is 21.4 Å². The number of nitrogens with one attached hydrogen (secondary N) is 2. The molecule has 0 saturated carbocycles. The molecule has 0 saturated heterocycles. The summed E-state index contributed by atoms with van der Waals surface area (Å²) in [5.74, 6) is -2.38. The average Bonchev–Trinajstić information content (AvgIpc) is 3.67. The molecule has 3 aromatic carbocycles. The summed E-state index contributed by atoms with van der Waals surface area (Å²) in [4.78, 5) is 21.6. The van der Waals surface area contributed by atoms with E-state index < -0.39 is 32.6 Å². The minimum absolute atomic E-state index is 0.0321. The number of ether oxygens (including phenoxy) is 2. The van der Waals surface area contributed by atoms with E-state index in [1.807, 2.05) is 12.1 Å². The smallest absolute Gasteiger partial charge is 0.306 e. The van der Waals surface area contributed by atoms with E-state index in [9.17, 15) is 18.5 Å². The summed E-state index contributed by atoms with van der Waals surface area (Å²) in [6.45, 7) is 3.73. The first-order valence-electron chi connectivity index (χ1n) is 13.6. The van der Waals surface area contributed by atoms with E-state index in [2.05, 4.69) is 21.0 Å². The third-order valence-electron chi connectivity index (χ3n) is 7.27. The summed E-state index contributed by atoms with van der Waals surface area (Å²) in [5, 5.41) is 10.5. The summed E-state index contributed by atoms with van der Waals surface area (Å²) in [6, 6.07) is 15.8. The van der Waals surface area contributed by atoms with Crippen LogP contribution < -0.4 is 4.74 Å². The first-order chi connectivity index (χ1) is 20.9. The Hall–Kier alpha value is -5.02. The highest BCUT2D eigenvalue weighted by Crippen LogP contribution is 2.39. The number of carbonyl (C=O) groups excluding carboxylic acids is 1. The van der Waals surface area contributed by atoms with Gasteiger partial charge in [0.05, 0.1) is 30.1 Å². The lowest BCUT2D eigenvalue weighted by Gasteiger charge is -2.21. The molecule has 0 bridgehead atoms. The van der Waals surface area contributed by atoms with Gasteiger partial charge >= 0.3 is 5.97 Å². The van der Waals surface area contributed by atoms with Crippen molar-refractivity contribution < 1.29 is 31.5 Å². The molecule has 9 nitrogen and oxygen atoms in total. The molecule has 2 N–H and O–H groups in total. The first-order valence-corrected chi connectivity index (χ1v) is 15.5. The van der Waals surface area contributed by atoms with Crippen molar-refractivity contribution in [1.29, 1.82) is 5.26 Å². The van der Waals surface area contributed by atoms with Gasteiger partial charge in [0, 0.05) is 35.8 Å². The number of benzene rings is 3. The van der Waals surface area contributed by atoms with Crippen molar-refractivity contribution in [2.75, 3.05) is 12.9 Å². The number of rotatable bonds is 10. The summed E-state index contributed by atoms with van der Waals surface area (Å²) in [7, 11) is -3.93. The Morgan fingerprint density at radius 3 is 2.64 bits per heavy atom. The number of carbonyl (C=O) groups is 1. The van der Waals surface area contributed by atoms with Gasteiger partial charge in [-0.15, -0.1) is 0 Å². The predicted molar refractivity (Wildman–Crippen MR) is 159 cm³/mol. The molecule has 12 heteroatoms. The highest BCUT2D eigenvalue weighted by Gasteiger charge is 2.32. The molecular weight excluding hydrogens is 590 g/mol. The fourth-order valence-corrected chi connectivity index (χ4v) is 6.02. The lowest BCUT2D eigenvalue weighted by Crippen LogP contribution is -2.22. The monoisotopic (exact) mass is 618 g/mol. The van der Waals surface area contributed by atoms with E-state index in [4.69, 9.17) is 9.47 Å². The van der Waals surface area contributed by atoms with Crippen molar-refractivity contribution in [3.05, 3.63) is 95.4 Å². The molecule has 1 unspecified atom stereocenters. The van der Waals surface area contributed by atoms with Gasteiger partial charge in [0.25, 0.3) is 0 Å². The zero-order valence-corrected chi connectivity index (χ0v) is 24.9. The van der Waals surface area contributed by atoms with Gasteiger partial charge in [-0.1, -0.05) is 24.3 Å². The number of aromatic nitrogens is 3. The van der Waals surface area contributed by atoms with Crippen LogP contribution in [0.25, 0.3) is 22.3 Å². The Kier molecular flexibility index (Phi) is 8.25. The Bertz CT molecular complexity index is 2030. The van der Waals surface area contributed by atoms with Crippen LogP contribution in [0.3, 0.4) is 0 Å². The molecule has 5 rings (SSSR count). The molecule has 0 aliphatic heterocycles. The van der Waals surface area contributed by atoms with Gasteiger partial charge < -0.3 is 19.4 Å². The number of nitriles is 1. The molecule has 44 heavy (non-hydrogen) atoms. The third-order valence-corrected chi connectivity index (χ3v) is 8.41. The van der Waals surface area contributed by atoms with Gasteiger partial charge in [0.1, 0.15) is 27.7 Å². The number of aryl methyl sites for hydroxylation is 1. The van der Waals surface area contributed by atoms with Crippen LogP contribution in [0.2, 0.25) is 0 Å². The van der Waals surface area contributed by atoms with Crippen LogP contribution in [-0.2, 0) is 31.2 Å². The summed E-state index contributed by atoms with van der Waals surface area (Å²) < 4.78 is 66.2. The molecule has 5 aromatic rings. The van der Waals surface area contributed by atoms with Gasteiger partial charge in [0.2, 0.25) is 0 Å². The highest BCUT2D eigenvalue weighted by molar-refractivity contribution is 7.91. The van der Waals surface area contributed by atoms with Crippen LogP contribution in [0.15, 0.2) is 71.9 Å². The zero-order chi connectivity index (χ0) is 31.6. The second-order valence-corrected chi connectivity index (χ2v) is 12.3. The maximum atomic E-state index is 15.1. The van der Waals surface area contributed by atoms with E-state index in [0.29, 0.717) is 24.3 Å². The van der Waals surface area contributed by atoms with Crippen molar-refractivity contribution in [3.63, 3.8) is 0 Å². The van der Waals surface area contributed by atoms with Crippen LogP contribution in [0.4, 0.5) is 8.78 Å². The molecular formula is C32H28F2N4O5S. The summed E-state index contributed by atoms with van der Waals surface area (Å²) in [5.41, 5.74) is 0.884. The number of sulfone groups is 1. The van der Waals surface area contributed by atoms with Crippen molar-refractivity contribution in [2.45, 2.75) is 37.0 Å². The molecule has 0 fully saturated rings. The fraction of sp³-hybridized carbons (Fsp3) is 0.219. The molecule has 2 aromatic heterocycles. The summed E-state index contributed by atoms with van der Waals surface area (Å²) in [6.07, 6.45) is 4.49. The standard InChI is InChI=1S/C32H28F2N4O5S/c1-4-42-28(39)11-8-19-6-5-7-20(14-19)32(2,18-35)27-17-37-31(38-27)23-15-21(9-10-24(23)33)43-29-25(34)16-26-22(12-13-36-26)30(29)44(3,40)41/h5-7,9-10,12-17,36H,4,8,11H2,1-3H3,(H,37,38). The first kappa shape index (κ1) is 30.4. The van der Waals surface area contributed by atoms with Crippen molar-refractivity contribution in [3.8, 4) is 29.0 Å². The second kappa shape index (κ2) is 11.9. The molecule has 0 amide bonds. The SMILES string of the molecule is CCOC(=O)CCc1cccc(C(C)(C#N)c2cnc(-c3cc(Oc4c(F)cc5[nH]ccc5c4S(C)(=O)=O)ccc3F)[nH]2)c1. The Morgan fingerprint density at radius 1 is 1.11 bits per heavy atom. The Labute approximate surface area is 252 Å². The second-order valence-electron chi connectivity index (χ2n) is 10.4. The van der Waals surface area contributed by atoms with E-state index >= 15 is 8.78 Å². The maximum absolute atomic E-state index is 15.1. The number of imidazole rings is 1. The van der Waals surface area contributed by atoms with Gasteiger partial charge in [-0.3, -0.25) is 4.79 Å². The van der Waals surface area contributed by atoms with E-state index in [1.54, 1.807) is 26.0 Å². The highest BCUT2D eigenvalue weighted by atomic mass is 32.2. The van der Waals surface area contributed by atoms with Crippen molar-refractivity contribution in [1.82, 2.24) is 15.0 Å². The van der Waals surface area contributed by atoms with Crippen LogP contribution in [0.1, 0.15) is 37.1 Å². The number of H-pyrrole nitrogens is 2. The minimum atomic E-state index is -3.93. The average molecular weight is 619 g/mol. The number of hydrogen-bond acceptors (Lipinski definition) is 7. The van der Waals surface area contributed by atoms with Crippen LogP contribution in [-0.4, -0.2) is 42.2 Å². The molecule has 226 valence electrons. The fourth-order valence-electron chi connectivity index (χ4n) is 4.96.